The average molecular weight is 212 g/mol. The molecule has 0 aliphatic heterocycles. The molecule has 0 saturated heterocycles. The third-order valence-electron chi connectivity index (χ3n) is 2.27. The number of hydrogen-bond acceptors (Lipinski definition) is 1. The second kappa shape index (κ2) is 6.05. The molecule has 0 radical (unpaired) electrons. The molecule has 0 fully saturated rings. The number of benzene rings is 1. The summed E-state index contributed by atoms with van der Waals surface area (Å²) in [5.74, 6) is 0.603. The summed E-state index contributed by atoms with van der Waals surface area (Å²) < 4.78 is 0. The molecule has 2 N–H and O–H groups in total. The maximum absolute atomic E-state index is 5.81. The predicted molar refractivity (Wildman–Crippen MR) is 62.7 cm³/mol. The van der Waals surface area contributed by atoms with E-state index in [1.54, 1.807) is 0 Å². The van der Waals surface area contributed by atoms with Gasteiger partial charge in [-0.3, -0.25) is 0 Å². The van der Waals surface area contributed by atoms with Gasteiger partial charge in [-0.2, -0.15) is 0 Å². The standard InChI is InChI=1S/C12H18ClN/c1-10-6-11(4-2-3-5-14)8-12(7-10)9-13/h6-8H,2-5,9,14H2,1H3. The Hall–Kier alpha value is -0.530. The van der Waals surface area contributed by atoms with Crippen LogP contribution in [0.15, 0.2) is 18.2 Å². The van der Waals surface area contributed by atoms with Crippen molar-refractivity contribution in [1.29, 1.82) is 0 Å². The zero-order valence-electron chi connectivity index (χ0n) is 8.72. The number of alkyl halides is 1. The highest BCUT2D eigenvalue weighted by Crippen LogP contribution is 2.13. The number of halogens is 1. The van der Waals surface area contributed by atoms with E-state index in [9.17, 15) is 0 Å². The third kappa shape index (κ3) is 3.69. The van der Waals surface area contributed by atoms with E-state index in [0.29, 0.717) is 5.88 Å². The topological polar surface area (TPSA) is 26.0 Å². The van der Waals surface area contributed by atoms with Crippen LogP contribution in [-0.2, 0) is 12.3 Å². The van der Waals surface area contributed by atoms with Crippen molar-refractivity contribution in [1.82, 2.24) is 0 Å². The van der Waals surface area contributed by atoms with E-state index in [1.807, 2.05) is 0 Å². The molecule has 1 nitrogen and oxygen atoms in total. The van der Waals surface area contributed by atoms with Gasteiger partial charge in [0, 0.05) is 5.88 Å². The summed E-state index contributed by atoms with van der Waals surface area (Å²) in [6, 6.07) is 6.56. The van der Waals surface area contributed by atoms with E-state index in [2.05, 4.69) is 25.1 Å². The molecule has 1 aromatic carbocycles. The van der Waals surface area contributed by atoms with Gasteiger partial charge in [0.25, 0.3) is 0 Å². The molecule has 0 aliphatic carbocycles. The van der Waals surface area contributed by atoms with Crippen LogP contribution in [0.5, 0.6) is 0 Å². The fourth-order valence-corrected chi connectivity index (χ4v) is 1.80. The number of nitrogens with two attached hydrogens (primary N) is 1. The summed E-state index contributed by atoms with van der Waals surface area (Å²) >= 11 is 5.81. The van der Waals surface area contributed by atoms with E-state index in [-0.39, 0.29) is 0 Å². The molecule has 0 spiro atoms. The zero-order valence-corrected chi connectivity index (χ0v) is 9.48. The Morgan fingerprint density at radius 2 is 1.86 bits per heavy atom. The van der Waals surface area contributed by atoms with Crippen molar-refractivity contribution in [3.63, 3.8) is 0 Å². The molecular weight excluding hydrogens is 194 g/mol. The highest BCUT2D eigenvalue weighted by Gasteiger charge is 1.98. The van der Waals surface area contributed by atoms with Crippen LogP contribution in [0.4, 0.5) is 0 Å². The van der Waals surface area contributed by atoms with Gasteiger partial charge in [0.05, 0.1) is 0 Å². The van der Waals surface area contributed by atoms with Crippen LogP contribution < -0.4 is 5.73 Å². The molecule has 0 aliphatic rings. The Bertz CT molecular complexity index is 284. The van der Waals surface area contributed by atoms with Gasteiger partial charge in [-0.05, 0) is 43.9 Å². The van der Waals surface area contributed by atoms with Crippen LogP contribution in [-0.4, -0.2) is 6.54 Å². The molecule has 0 aromatic heterocycles. The largest absolute Gasteiger partial charge is 0.330 e. The number of aryl methyl sites for hydroxylation is 2. The van der Waals surface area contributed by atoms with Gasteiger partial charge in [0.2, 0.25) is 0 Å². The summed E-state index contributed by atoms with van der Waals surface area (Å²) in [5.41, 5.74) is 9.36. The summed E-state index contributed by atoms with van der Waals surface area (Å²) in [6.07, 6.45) is 3.38. The first kappa shape index (κ1) is 11.5. The minimum atomic E-state index is 0.603. The van der Waals surface area contributed by atoms with Crippen LogP contribution in [0, 0.1) is 6.92 Å². The van der Waals surface area contributed by atoms with Gasteiger partial charge in [-0.15, -0.1) is 11.6 Å². The van der Waals surface area contributed by atoms with E-state index < -0.39 is 0 Å². The van der Waals surface area contributed by atoms with Gasteiger partial charge in [-0.25, -0.2) is 0 Å². The predicted octanol–water partition coefficient (Wildman–Crippen LogP) is 3.02. The normalized spacial score (nSPS) is 10.5. The van der Waals surface area contributed by atoms with Crippen LogP contribution in [0.3, 0.4) is 0 Å². The lowest BCUT2D eigenvalue weighted by Crippen LogP contribution is -1.99. The van der Waals surface area contributed by atoms with Crippen LogP contribution >= 0.6 is 11.6 Å². The van der Waals surface area contributed by atoms with Crippen molar-refractivity contribution in [2.45, 2.75) is 32.1 Å². The summed E-state index contributed by atoms with van der Waals surface area (Å²) in [4.78, 5) is 0. The Kier molecular flexibility index (Phi) is 4.99. The monoisotopic (exact) mass is 211 g/mol. The lowest BCUT2D eigenvalue weighted by atomic mass is 10.0. The summed E-state index contributed by atoms with van der Waals surface area (Å²) in [5, 5.41) is 0. The molecule has 2 heteroatoms. The fraction of sp³-hybridized carbons (Fsp3) is 0.500. The zero-order chi connectivity index (χ0) is 10.4. The minimum absolute atomic E-state index is 0.603. The third-order valence-corrected chi connectivity index (χ3v) is 2.58. The van der Waals surface area contributed by atoms with Gasteiger partial charge in [-0.1, -0.05) is 23.8 Å². The molecule has 1 aromatic rings. The molecule has 0 atom stereocenters. The SMILES string of the molecule is Cc1cc(CCl)cc(CCCCN)c1. The van der Waals surface area contributed by atoms with Gasteiger partial charge < -0.3 is 5.73 Å². The van der Waals surface area contributed by atoms with Gasteiger partial charge >= 0.3 is 0 Å². The molecule has 78 valence electrons. The van der Waals surface area contributed by atoms with E-state index in [0.717, 1.165) is 19.4 Å². The molecule has 0 heterocycles. The van der Waals surface area contributed by atoms with E-state index in [1.165, 1.54) is 23.1 Å². The van der Waals surface area contributed by atoms with Gasteiger partial charge in [0.1, 0.15) is 0 Å². The van der Waals surface area contributed by atoms with Crippen LogP contribution in [0.25, 0.3) is 0 Å². The molecule has 0 amide bonds. The van der Waals surface area contributed by atoms with Crippen molar-refractivity contribution < 1.29 is 0 Å². The highest BCUT2D eigenvalue weighted by molar-refractivity contribution is 6.17. The molecular formula is C12H18ClN. The maximum atomic E-state index is 5.81. The van der Waals surface area contributed by atoms with E-state index in [4.69, 9.17) is 17.3 Å². The molecule has 14 heavy (non-hydrogen) atoms. The lowest BCUT2D eigenvalue weighted by molar-refractivity contribution is 0.744. The number of unbranched alkanes of at least 4 members (excludes halogenated alkanes) is 1. The fourth-order valence-electron chi connectivity index (χ4n) is 1.64. The Morgan fingerprint density at radius 3 is 2.50 bits per heavy atom. The van der Waals surface area contributed by atoms with E-state index >= 15 is 0 Å². The molecule has 0 bridgehead atoms. The smallest absolute Gasteiger partial charge is 0.0474 e. The molecule has 0 saturated carbocycles. The second-order valence-corrected chi connectivity index (χ2v) is 3.97. The van der Waals surface area contributed by atoms with Gasteiger partial charge in [0.15, 0.2) is 0 Å². The first-order valence-electron chi connectivity index (χ1n) is 5.11. The van der Waals surface area contributed by atoms with Crippen molar-refractivity contribution in [2.24, 2.45) is 5.73 Å². The Labute approximate surface area is 91.3 Å². The maximum Gasteiger partial charge on any atom is 0.0474 e. The number of hydrogen-bond donors (Lipinski definition) is 1. The van der Waals surface area contributed by atoms with Crippen molar-refractivity contribution in [3.8, 4) is 0 Å². The van der Waals surface area contributed by atoms with Crippen LogP contribution in [0.1, 0.15) is 29.5 Å². The van der Waals surface area contributed by atoms with Crippen molar-refractivity contribution in [2.75, 3.05) is 6.54 Å². The highest BCUT2D eigenvalue weighted by atomic mass is 35.5. The summed E-state index contributed by atoms with van der Waals surface area (Å²) in [6.45, 7) is 2.90. The van der Waals surface area contributed by atoms with Crippen molar-refractivity contribution in [3.05, 3.63) is 34.9 Å². The number of rotatable bonds is 5. The Balaban J connectivity index is 2.62. The van der Waals surface area contributed by atoms with Crippen molar-refractivity contribution >= 4 is 11.6 Å². The average Bonchev–Trinajstić information content (AvgIpc) is 2.17. The minimum Gasteiger partial charge on any atom is -0.330 e. The first-order chi connectivity index (χ1) is 6.76. The first-order valence-corrected chi connectivity index (χ1v) is 5.65. The van der Waals surface area contributed by atoms with Crippen LogP contribution in [0.2, 0.25) is 0 Å². The second-order valence-electron chi connectivity index (χ2n) is 3.71. The lowest BCUT2D eigenvalue weighted by Gasteiger charge is -2.05. The molecule has 1 rings (SSSR count). The quantitative estimate of drug-likeness (QED) is 0.588. The molecule has 0 unspecified atom stereocenters. The Morgan fingerprint density at radius 1 is 1.14 bits per heavy atom. The summed E-state index contributed by atoms with van der Waals surface area (Å²) in [7, 11) is 0.